The van der Waals surface area contributed by atoms with Gasteiger partial charge < -0.3 is 10.1 Å². The first-order valence-corrected chi connectivity index (χ1v) is 4.80. The summed E-state index contributed by atoms with van der Waals surface area (Å²) in [5, 5.41) is 13.2. The summed E-state index contributed by atoms with van der Waals surface area (Å²) in [5.41, 5.74) is 0.146. The molecule has 1 rings (SSSR count). The molecule has 1 aromatic carbocycles. The Morgan fingerprint density at radius 1 is 1.41 bits per heavy atom. The van der Waals surface area contributed by atoms with Crippen molar-refractivity contribution in [2.75, 3.05) is 12.4 Å². The average Bonchev–Trinajstić information content (AvgIpc) is 2.29. The number of hydrogen-bond donors (Lipinski definition) is 1. The fraction of sp³-hybridized carbons (Fsp3) is 0.182. The summed E-state index contributed by atoms with van der Waals surface area (Å²) >= 11 is 0. The van der Waals surface area contributed by atoms with Crippen molar-refractivity contribution in [1.82, 2.24) is 0 Å². The Balaban J connectivity index is 2.80. The molecule has 0 saturated carbocycles. The van der Waals surface area contributed by atoms with Gasteiger partial charge in [-0.3, -0.25) is 14.9 Å². The molecule has 0 radical (unpaired) electrons. The molecule has 0 amide bonds. The number of anilines is 1. The molecule has 0 aliphatic heterocycles. The summed E-state index contributed by atoms with van der Waals surface area (Å²) in [6.07, 6.45) is 1.07. The fourth-order valence-electron chi connectivity index (χ4n) is 1.12. The number of benzene rings is 1. The molecular weight excluding hydrogens is 224 g/mol. The second kappa shape index (κ2) is 5.64. The highest BCUT2D eigenvalue weighted by Crippen LogP contribution is 2.15. The van der Waals surface area contributed by atoms with Crippen molar-refractivity contribution >= 4 is 11.5 Å². The predicted molar refractivity (Wildman–Crippen MR) is 62.4 cm³/mol. The lowest BCUT2D eigenvalue weighted by molar-refractivity contribution is -0.418. The quantitative estimate of drug-likeness (QED) is 0.479. The number of methoxy groups -OCH3 is 1. The van der Waals surface area contributed by atoms with Gasteiger partial charge in [0, 0.05) is 12.6 Å². The van der Waals surface area contributed by atoms with Crippen molar-refractivity contribution in [2.24, 2.45) is 0 Å². The lowest BCUT2D eigenvalue weighted by Crippen LogP contribution is -2.09. The predicted octanol–water partition coefficient (Wildman–Crippen LogP) is 1.81. The molecule has 0 fully saturated rings. The molecule has 90 valence electrons. The number of carbonyl (C=O) groups is 1. The van der Waals surface area contributed by atoms with E-state index >= 15 is 0 Å². The van der Waals surface area contributed by atoms with Crippen molar-refractivity contribution in [3.63, 3.8) is 0 Å². The second-order valence-electron chi connectivity index (χ2n) is 3.22. The van der Waals surface area contributed by atoms with Gasteiger partial charge in [-0.15, -0.1) is 0 Å². The number of carbonyl (C=O) groups excluding carboxylic acids is 1. The van der Waals surface area contributed by atoms with Crippen LogP contribution in [-0.4, -0.2) is 17.8 Å². The van der Waals surface area contributed by atoms with Gasteiger partial charge in [0.25, 0.3) is 0 Å². The van der Waals surface area contributed by atoms with Crippen LogP contribution in [0.15, 0.2) is 36.2 Å². The number of ether oxygens (including phenoxy) is 1. The maximum absolute atomic E-state index is 10.9. The Morgan fingerprint density at radius 2 is 2.00 bits per heavy atom. The highest BCUT2D eigenvalue weighted by Gasteiger charge is 2.16. The highest BCUT2D eigenvalue weighted by molar-refractivity contribution is 5.91. The van der Waals surface area contributed by atoms with Crippen LogP contribution in [0.25, 0.3) is 0 Å². The number of ketones is 1. The van der Waals surface area contributed by atoms with Gasteiger partial charge in [0.15, 0.2) is 0 Å². The smallest absolute Gasteiger partial charge is 0.327 e. The van der Waals surface area contributed by atoms with Crippen LogP contribution in [0.2, 0.25) is 0 Å². The summed E-state index contributed by atoms with van der Waals surface area (Å²) < 4.78 is 4.97. The van der Waals surface area contributed by atoms with Gasteiger partial charge in [-0.25, -0.2) is 0 Å². The van der Waals surface area contributed by atoms with Crippen molar-refractivity contribution in [1.29, 1.82) is 0 Å². The van der Waals surface area contributed by atoms with E-state index in [1.807, 2.05) is 0 Å². The van der Waals surface area contributed by atoms with Gasteiger partial charge in [0.05, 0.1) is 18.2 Å². The highest BCUT2D eigenvalue weighted by atomic mass is 16.6. The van der Waals surface area contributed by atoms with Crippen molar-refractivity contribution in [3.05, 3.63) is 46.3 Å². The molecule has 6 heteroatoms. The lowest BCUT2D eigenvalue weighted by atomic mass is 10.3. The third-order valence-corrected chi connectivity index (χ3v) is 2.02. The van der Waals surface area contributed by atoms with E-state index in [2.05, 4.69) is 5.32 Å². The van der Waals surface area contributed by atoms with Crippen molar-refractivity contribution < 1.29 is 14.5 Å². The molecule has 0 unspecified atom stereocenters. The summed E-state index contributed by atoms with van der Waals surface area (Å²) in [4.78, 5) is 20.7. The number of nitro groups is 1. The zero-order chi connectivity index (χ0) is 12.8. The van der Waals surface area contributed by atoms with E-state index in [1.165, 1.54) is 0 Å². The number of nitrogens with one attached hydrogen (secondary N) is 1. The van der Waals surface area contributed by atoms with Crippen LogP contribution in [0.5, 0.6) is 5.75 Å². The molecular formula is C11H12N2O4. The number of allylic oxidation sites excluding steroid dienone is 1. The molecule has 1 aromatic rings. The van der Waals surface area contributed by atoms with E-state index in [0.717, 1.165) is 13.1 Å². The second-order valence-corrected chi connectivity index (χ2v) is 3.22. The third kappa shape index (κ3) is 3.60. The molecule has 1 N–H and O–H groups in total. The first kappa shape index (κ1) is 12.7. The van der Waals surface area contributed by atoms with Crippen LogP contribution < -0.4 is 10.1 Å². The molecule has 0 bridgehead atoms. The van der Waals surface area contributed by atoms with E-state index < -0.39 is 16.4 Å². The fourth-order valence-corrected chi connectivity index (χ4v) is 1.12. The Morgan fingerprint density at radius 3 is 2.41 bits per heavy atom. The van der Waals surface area contributed by atoms with Crippen LogP contribution in [0.1, 0.15) is 6.92 Å². The molecule has 0 aliphatic carbocycles. The zero-order valence-electron chi connectivity index (χ0n) is 9.47. The standard InChI is InChI=1S/C11H12N2O4/c1-8(14)11(13(15)16)7-12-9-3-5-10(17-2)6-4-9/h3-7,12H,1-2H3/b11-7+. The van der Waals surface area contributed by atoms with Gasteiger partial charge in [-0.2, -0.15) is 0 Å². The van der Waals surface area contributed by atoms with E-state index in [-0.39, 0.29) is 0 Å². The minimum absolute atomic E-state index is 0.485. The van der Waals surface area contributed by atoms with Crippen LogP contribution in [-0.2, 0) is 4.79 Å². The third-order valence-electron chi connectivity index (χ3n) is 2.02. The minimum Gasteiger partial charge on any atom is -0.497 e. The van der Waals surface area contributed by atoms with E-state index in [9.17, 15) is 14.9 Å². The zero-order valence-corrected chi connectivity index (χ0v) is 9.47. The topological polar surface area (TPSA) is 81.5 Å². The van der Waals surface area contributed by atoms with Crippen LogP contribution in [0.3, 0.4) is 0 Å². The summed E-state index contributed by atoms with van der Waals surface area (Å²) in [5.74, 6) is 0.0802. The molecule has 0 spiro atoms. The van der Waals surface area contributed by atoms with Crippen LogP contribution in [0, 0.1) is 10.1 Å². The Bertz CT molecular complexity index is 435. The van der Waals surface area contributed by atoms with Crippen molar-refractivity contribution in [2.45, 2.75) is 6.92 Å². The number of Topliss-reactive ketones (excluding diaryl/α,β-unsaturated/α-hetero) is 1. The maximum atomic E-state index is 10.9. The molecule has 0 aliphatic rings. The van der Waals surface area contributed by atoms with Gasteiger partial charge in [-0.05, 0) is 24.3 Å². The Labute approximate surface area is 98.0 Å². The molecule has 17 heavy (non-hydrogen) atoms. The summed E-state index contributed by atoms with van der Waals surface area (Å²) in [6, 6.07) is 6.78. The van der Waals surface area contributed by atoms with Crippen molar-refractivity contribution in [3.8, 4) is 5.75 Å². The van der Waals surface area contributed by atoms with E-state index in [4.69, 9.17) is 4.74 Å². The first-order valence-electron chi connectivity index (χ1n) is 4.80. The Kier molecular flexibility index (Phi) is 4.21. The molecule has 6 nitrogen and oxygen atoms in total. The average molecular weight is 236 g/mol. The monoisotopic (exact) mass is 236 g/mol. The first-order chi connectivity index (χ1) is 8.04. The summed E-state index contributed by atoms with van der Waals surface area (Å²) in [6.45, 7) is 1.14. The van der Waals surface area contributed by atoms with Crippen LogP contribution in [0.4, 0.5) is 5.69 Å². The normalized spacial score (nSPS) is 10.8. The molecule has 0 atom stereocenters. The number of rotatable bonds is 5. The maximum Gasteiger partial charge on any atom is 0.327 e. The lowest BCUT2D eigenvalue weighted by Gasteiger charge is -2.02. The van der Waals surface area contributed by atoms with Crippen LogP contribution >= 0.6 is 0 Å². The van der Waals surface area contributed by atoms with E-state index in [0.29, 0.717) is 11.4 Å². The molecule has 0 saturated heterocycles. The largest absolute Gasteiger partial charge is 0.497 e. The van der Waals surface area contributed by atoms with Gasteiger partial charge >= 0.3 is 5.70 Å². The SMILES string of the molecule is COc1ccc(N/C=C(\C(C)=O)[N+](=O)[O-])cc1. The minimum atomic E-state index is -0.723. The Hall–Kier alpha value is -2.37. The molecule has 0 aromatic heterocycles. The number of hydrogen-bond acceptors (Lipinski definition) is 5. The number of nitrogens with zero attached hydrogens (tertiary/aromatic N) is 1. The van der Waals surface area contributed by atoms with Gasteiger partial charge in [0.1, 0.15) is 5.75 Å². The van der Waals surface area contributed by atoms with Gasteiger partial charge in [0.2, 0.25) is 5.78 Å². The summed E-state index contributed by atoms with van der Waals surface area (Å²) in [7, 11) is 1.54. The van der Waals surface area contributed by atoms with Gasteiger partial charge in [-0.1, -0.05) is 0 Å². The van der Waals surface area contributed by atoms with E-state index in [1.54, 1.807) is 31.4 Å². The molecule has 0 heterocycles.